The number of morpholine rings is 1. The Morgan fingerprint density at radius 1 is 1.30 bits per heavy atom. The third-order valence-electron chi connectivity index (χ3n) is 5.43. The van der Waals surface area contributed by atoms with E-state index in [2.05, 4.69) is 65.3 Å². The van der Waals surface area contributed by atoms with Crippen molar-refractivity contribution in [2.24, 2.45) is 12.0 Å². The van der Waals surface area contributed by atoms with Crippen molar-refractivity contribution in [1.82, 2.24) is 20.0 Å². The number of hydrogen-bond acceptors (Lipinski definition) is 3. The number of aromatic nitrogens is 2. The van der Waals surface area contributed by atoms with Crippen molar-refractivity contribution in [2.75, 3.05) is 33.3 Å². The van der Waals surface area contributed by atoms with E-state index < -0.39 is 0 Å². The third-order valence-corrected chi connectivity index (χ3v) is 5.43. The molecule has 2 heterocycles. The molecule has 146 valence electrons. The predicted octanol–water partition coefficient (Wildman–Crippen LogP) is 2.54. The second kappa shape index (κ2) is 8.57. The molecule has 0 aliphatic carbocycles. The van der Waals surface area contributed by atoms with E-state index in [1.165, 1.54) is 22.4 Å². The minimum absolute atomic E-state index is 0.0845. The summed E-state index contributed by atoms with van der Waals surface area (Å²) in [6.07, 6.45) is 1.03. The van der Waals surface area contributed by atoms with Gasteiger partial charge in [-0.3, -0.25) is 9.67 Å². The minimum atomic E-state index is 0.0845. The Kier molecular flexibility index (Phi) is 6.16. The largest absolute Gasteiger partial charge is 0.370 e. The smallest absolute Gasteiger partial charge is 0.193 e. The predicted molar refractivity (Wildman–Crippen MR) is 109 cm³/mol. The minimum Gasteiger partial charge on any atom is -0.370 e. The van der Waals surface area contributed by atoms with Crippen molar-refractivity contribution >= 4 is 5.96 Å². The molecule has 1 aliphatic heterocycles. The quantitative estimate of drug-likeness (QED) is 0.665. The Labute approximate surface area is 162 Å². The molecule has 0 saturated carbocycles. The monoisotopic (exact) mass is 369 g/mol. The maximum absolute atomic E-state index is 6.04. The molecule has 6 nitrogen and oxygen atoms in total. The molecule has 1 aromatic carbocycles. The molecular weight excluding hydrogens is 338 g/mol. The van der Waals surface area contributed by atoms with Gasteiger partial charge in [-0.1, -0.05) is 24.3 Å². The molecule has 3 rings (SSSR count). The number of guanidine groups is 1. The molecule has 1 fully saturated rings. The fraction of sp³-hybridized carbons (Fsp3) is 0.524. The first kappa shape index (κ1) is 19.4. The third kappa shape index (κ3) is 4.33. The zero-order chi connectivity index (χ0) is 19.4. The summed E-state index contributed by atoms with van der Waals surface area (Å²) in [6.45, 7) is 9.56. The number of aryl methyl sites for hydroxylation is 3. The molecule has 0 bridgehead atoms. The molecule has 1 unspecified atom stereocenters. The highest BCUT2D eigenvalue weighted by atomic mass is 16.5. The zero-order valence-electron chi connectivity index (χ0n) is 17.1. The normalized spacial score (nSPS) is 18.0. The molecule has 0 radical (unpaired) electrons. The lowest BCUT2D eigenvalue weighted by Crippen LogP contribution is -2.48. The Hall–Kier alpha value is -2.34. The molecule has 27 heavy (non-hydrogen) atoms. The molecule has 1 aliphatic rings. The Morgan fingerprint density at radius 3 is 2.74 bits per heavy atom. The topological polar surface area (TPSA) is 54.7 Å². The van der Waals surface area contributed by atoms with Gasteiger partial charge < -0.3 is 15.0 Å². The fourth-order valence-electron chi connectivity index (χ4n) is 3.79. The number of ether oxygens (including phenoxy) is 1. The number of aliphatic imine (C=N–C) groups is 1. The fourth-order valence-corrected chi connectivity index (χ4v) is 3.79. The van der Waals surface area contributed by atoms with E-state index in [1.807, 2.05) is 18.8 Å². The summed E-state index contributed by atoms with van der Waals surface area (Å²) < 4.78 is 7.99. The molecule has 6 heteroatoms. The molecule has 1 aromatic heterocycles. The van der Waals surface area contributed by atoms with E-state index in [0.717, 1.165) is 37.7 Å². The van der Waals surface area contributed by atoms with Gasteiger partial charge in [-0.15, -0.1) is 0 Å². The van der Waals surface area contributed by atoms with Gasteiger partial charge in [0, 0.05) is 32.9 Å². The van der Waals surface area contributed by atoms with Gasteiger partial charge in [-0.05, 0) is 43.9 Å². The summed E-state index contributed by atoms with van der Waals surface area (Å²) in [5.74, 6) is 0.941. The van der Waals surface area contributed by atoms with Crippen LogP contribution in [0.25, 0.3) is 0 Å². The number of nitrogens with zero attached hydrogens (tertiary/aromatic N) is 4. The molecule has 0 amide bonds. The Morgan fingerprint density at radius 2 is 2.07 bits per heavy atom. The lowest BCUT2D eigenvalue weighted by atomic mass is 10.0. The molecule has 1 atom stereocenters. The van der Waals surface area contributed by atoms with Crippen LogP contribution in [0.3, 0.4) is 0 Å². The van der Waals surface area contributed by atoms with Crippen molar-refractivity contribution in [2.45, 2.75) is 33.3 Å². The van der Waals surface area contributed by atoms with Crippen LogP contribution in [0.1, 0.15) is 34.2 Å². The van der Waals surface area contributed by atoms with Gasteiger partial charge in [0.05, 0.1) is 18.8 Å². The summed E-state index contributed by atoms with van der Waals surface area (Å²) in [4.78, 5) is 6.79. The van der Waals surface area contributed by atoms with E-state index in [4.69, 9.17) is 4.74 Å². The number of rotatable bonds is 4. The van der Waals surface area contributed by atoms with E-state index in [1.54, 1.807) is 0 Å². The summed E-state index contributed by atoms with van der Waals surface area (Å²) >= 11 is 0. The Balaban J connectivity index is 1.61. The maximum Gasteiger partial charge on any atom is 0.193 e. The molecular formula is C21H31N5O. The summed E-state index contributed by atoms with van der Waals surface area (Å²) in [5.41, 5.74) is 6.20. The number of benzene rings is 1. The van der Waals surface area contributed by atoms with E-state index in [0.29, 0.717) is 6.61 Å². The highest BCUT2D eigenvalue weighted by Gasteiger charge is 2.25. The summed E-state index contributed by atoms with van der Waals surface area (Å²) in [7, 11) is 3.85. The van der Waals surface area contributed by atoms with Gasteiger partial charge >= 0.3 is 0 Å². The van der Waals surface area contributed by atoms with E-state index in [-0.39, 0.29) is 6.10 Å². The molecule has 1 saturated heterocycles. The van der Waals surface area contributed by atoms with E-state index in [9.17, 15) is 0 Å². The first-order valence-corrected chi connectivity index (χ1v) is 9.63. The van der Waals surface area contributed by atoms with Crippen LogP contribution in [0.5, 0.6) is 0 Å². The SMILES string of the molecule is CN=C(NCCc1c(C)nn(C)c1C)N1CCOC(c2ccccc2C)C1. The van der Waals surface area contributed by atoms with Crippen molar-refractivity contribution in [3.8, 4) is 0 Å². The first-order chi connectivity index (χ1) is 13.0. The van der Waals surface area contributed by atoms with Crippen molar-refractivity contribution in [1.29, 1.82) is 0 Å². The van der Waals surface area contributed by atoms with Crippen LogP contribution in [-0.2, 0) is 18.2 Å². The Bertz CT molecular complexity index is 811. The summed E-state index contributed by atoms with van der Waals surface area (Å²) in [6, 6.07) is 8.45. The van der Waals surface area contributed by atoms with Gasteiger partial charge in [-0.25, -0.2) is 0 Å². The first-order valence-electron chi connectivity index (χ1n) is 9.63. The molecule has 1 N–H and O–H groups in total. The maximum atomic E-state index is 6.04. The van der Waals surface area contributed by atoms with Crippen LogP contribution in [0, 0.1) is 20.8 Å². The highest BCUT2D eigenvalue weighted by Crippen LogP contribution is 2.25. The van der Waals surface area contributed by atoms with Crippen molar-refractivity contribution in [3.05, 3.63) is 52.3 Å². The molecule has 0 spiro atoms. The number of hydrogen-bond donors (Lipinski definition) is 1. The van der Waals surface area contributed by atoms with Gasteiger partial charge in [-0.2, -0.15) is 5.10 Å². The molecule has 2 aromatic rings. The highest BCUT2D eigenvalue weighted by molar-refractivity contribution is 5.80. The van der Waals surface area contributed by atoms with Crippen LogP contribution in [-0.4, -0.2) is 53.9 Å². The standard InChI is InChI=1S/C21H31N5O/c1-15-8-6-7-9-18(15)20-14-26(12-13-27-20)21(22-4)23-11-10-19-16(2)24-25(5)17(19)3/h6-9,20H,10-14H2,1-5H3,(H,22,23). The van der Waals surface area contributed by atoms with Crippen LogP contribution in [0.2, 0.25) is 0 Å². The van der Waals surface area contributed by atoms with Gasteiger partial charge in [0.15, 0.2) is 5.96 Å². The second-order valence-corrected chi connectivity index (χ2v) is 7.16. The second-order valence-electron chi connectivity index (χ2n) is 7.16. The summed E-state index contributed by atoms with van der Waals surface area (Å²) in [5, 5.41) is 8.02. The van der Waals surface area contributed by atoms with Gasteiger partial charge in [0.2, 0.25) is 0 Å². The van der Waals surface area contributed by atoms with Gasteiger partial charge in [0.25, 0.3) is 0 Å². The van der Waals surface area contributed by atoms with Crippen molar-refractivity contribution < 1.29 is 4.74 Å². The van der Waals surface area contributed by atoms with E-state index >= 15 is 0 Å². The van der Waals surface area contributed by atoms with Crippen LogP contribution in [0.4, 0.5) is 0 Å². The van der Waals surface area contributed by atoms with Gasteiger partial charge in [0.1, 0.15) is 6.10 Å². The average molecular weight is 370 g/mol. The van der Waals surface area contributed by atoms with Crippen LogP contribution < -0.4 is 5.32 Å². The average Bonchev–Trinajstić information content (AvgIpc) is 2.91. The lowest BCUT2D eigenvalue weighted by Gasteiger charge is -2.35. The van der Waals surface area contributed by atoms with Crippen molar-refractivity contribution in [3.63, 3.8) is 0 Å². The van der Waals surface area contributed by atoms with Crippen LogP contribution in [0.15, 0.2) is 29.3 Å². The van der Waals surface area contributed by atoms with Crippen LogP contribution >= 0.6 is 0 Å². The zero-order valence-corrected chi connectivity index (χ0v) is 17.1. The number of nitrogens with one attached hydrogen (secondary N) is 1. The lowest BCUT2D eigenvalue weighted by molar-refractivity contribution is -0.00829.